The molecule has 228 valence electrons. The minimum Gasteiger partial charge on any atom is -0.455 e. The molecule has 10 rings (SSSR count). The van der Waals surface area contributed by atoms with E-state index in [-0.39, 0.29) is 0 Å². The Morgan fingerprint density at radius 3 is 1.31 bits per heavy atom. The Morgan fingerprint density at radius 2 is 0.714 bits per heavy atom. The largest absolute Gasteiger partial charge is 0.455 e. The summed E-state index contributed by atoms with van der Waals surface area (Å²) < 4.78 is 6.38. The summed E-state index contributed by atoms with van der Waals surface area (Å²) in [5.74, 6) is 0. The second kappa shape index (κ2) is 11.1. The van der Waals surface area contributed by atoms with E-state index in [1.807, 2.05) is 0 Å². The van der Waals surface area contributed by atoms with Gasteiger partial charge in [-0.1, -0.05) is 164 Å². The summed E-state index contributed by atoms with van der Waals surface area (Å²) in [5, 5.41) is 9.68. The number of rotatable bonds is 4. The third-order valence-corrected chi connectivity index (χ3v) is 10.1. The van der Waals surface area contributed by atoms with Crippen LogP contribution in [-0.2, 0) is 0 Å². The minimum absolute atomic E-state index is 0.916. The predicted molar refractivity (Wildman–Crippen MR) is 208 cm³/mol. The van der Waals surface area contributed by atoms with Gasteiger partial charge in [0.2, 0.25) is 0 Å². The molecule has 10 aromatic rings. The maximum Gasteiger partial charge on any atom is 0.143 e. The Bertz CT molecular complexity index is 2780. The molecule has 1 nitrogen and oxygen atoms in total. The molecule has 0 N–H and O–H groups in total. The molecule has 1 heteroatoms. The molecule has 1 heterocycles. The molecule has 0 fully saturated rings. The molecule has 0 radical (unpaired) electrons. The normalized spacial score (nSPS) is 11.7. The molecule has 9 aromatic carbocycles. The molecule has 0 spiro atoms. The van der Waals surface area contributed by atoms with Crippen LogP contribution in [0.15, 0.2) is 186 Å². The predicted octanol–water partition coefficient (Wildman–Crippen LogP) is 13.7. The third kappa shape index (κ3) is 4.47. The van der Waals surface area contributed by atoms with E-state index < -0.39 is 0 Å². The Hall–Kier alpha value is -6.44. The van der Waals surface area contributed by atoms with Crippen molar-refractivity contribution in [1.82, 2.24) is 0 Å². The Labute approximate surface area is 284 Å². The van der Waals surface area contributed by atoms with Gasteiger partial charge in [-0.05, 0) is 89.6 Å². The quantitative estimate of drug-likeness (QED) is 0.178. The van der Waals surface area contributed by atoms with Crippen LogP contribution in [0.4, 0.5) is 0 Å². The molecule has 0 bridgehead atoms. The van der Waals surface area contributed by atoms with Crippen molar-refractivity contribution in [1.29, 1.82) is 0 Å². The molecular weight excluding hydrogens is 593 g/mol. The summed E-state index contributed by atoms with van der Waals surface area (Å²) in [7, 11) is 0. The lowest BCUT2D eigenvalue weighted by atomic mass is 9.85. The van der Waals surface area contributed by atoms with Crippen LogP contribution < -0.4 is 0 Å². The van der Waals surface area contributed by atoms with E-state index in [0.717, 1.165) is 27.3 Å². The fourth-order valence-corrected chi connectivity index (χ4v) is 7.72. The highest BCUT2D eigenvalue weighted by Crippen LogP contribution is 2.44. The molecule has 0 atom stereocenters. The minimum atomic E-state index is 0.916. The van der Waals surface area contributed by atoms with Crippen LogP contribution in [0, 0.1) is 0 Å². The van der Waals surface area contributed by atoms with Crippen LogP contribution in [0.25, 0.3) is 98.8 Å². The number of fused-ring (bicyclic) bond motifs is 7. The first-order valence-electron chi connectivity index (χ1n) is 16.8. The van der Waals surface area contributed by atoms with Crippen molar-refractivity contribution < 1.29 is 4.42 Å². The fraction of sp³-hybridized carbons (Fsp3) is 0. The van der Waals surface area contributed by atoms with Crippen molar-refractivity contribution in [3.63, 3.8) is 0 Å². The van der Waals surface area contributed by atoms with Gasteiger partial charge in [0.15, 0.2) is 0 Å². The highest BCUT2D eigenvalue weighted by Gasteiger charge is 2.17. The molecule has 0 unspecified atom stereocenters. The van der Waals surface area contributed by atoms with Crippen molar-refractivity contribution in [2.75, 3.05) is 0 Å². The van der Waals surface area contributed by atoms with Gasteiger partial charge in [0.05, 0.1) is 0 Å². The van der Waals surface area contributed by atoms with Crippen LogP contribution in [0.1, 0.15) is 0 Å². The first kappa shape index (κ1) is 27.7. The van der Waals surface area contributed by atoms with E-state index >= 15 is 0 Å². The summed E-state index contributed by atoms with van der Waals surface area (Å²) in [4.78, 5) is 0. The van der Waals surface area contributed by atoms with Gasteiger partial charge in [-0.3, -0.25) is 0 Å². The number of furan rings is 1. The molecule has 0 amide bonds. The molecule has 1 aromatic heterocycles. The van der Waals surface area contributed by atoms with Crippen molar-refractivity contribution >= 4 is 54.3 Å². The number of hydrogen-bond acceptors (Lipinski definition) is 1. The Kier molecular flexibility index (Phi) is 6.25. The van der Waals surface area contributed by atoms with Crippen molar-refractivity contribution in [3.8, 4) is 44.5 Å². The zero-order chi connectivity index (χ0) is 32.3. The highest BCUT2D eigenvalue weighted by atomic mass is 16.3. The topological polar surface area (TPSA) is 13.1 Å². The standard InChI is InChI=1S/C48H30O/c1-2-10-31(11-3-1)32-18-22-35(23-19-32)46-39-14-6-8-16-41(39)47(42-17-9-7-15-40(42)46)36-24-20-33(21-25-36)37-27-29-45-44(30-37)43-28-26-34-12-4-5-13-38(34)48(43)49-45/h1-30H. The van der Waals surface area contributed by atoms with Gasteiger partial charge in [0, 0.05) is 16.2 Å². The van der Waals surface area contributed by atoms with Gasteiger partial charge in [-0.2, -0.15) is 0 Å². The average Bonchev–Trinajstić information content (AvgIpc) is 3.56. The van der Waals surface area contributed by atoms with E-state index in [9.17, 15) is 0 Å². The van der Waals surface area contributed by atoms with E-state index in [1.165, 1.54) is 71.4 Å². The van der Waals surface area contributed by atoms with Crippen LogP contribution in [0.2, 0.25) is 0 Å². The Morgan fingerprint density at radius 1 is 0.265 bits per heavy atom. The highest BCUT2D eigenvalue weighted by molar-refractivity contribution is 6.21. The van der Waals surface area contributed by atoms with Crippen LogP contribution >= 0.6 is 0 Å². The lowest BCUT2D eigenvalue weighted by Gasteiger charge is -2.18. The molecule has 0 saturated heterocycles. The lowest BCUT2D eigenvalue weighted by Crippen LogP contribution is -1.91. The smallest absolute Gasteiger partial charge is 0.143 e. The number of hydrogen-bond donors (Lipinski definition) is 0. The van der Waals surface area contributed by atoms with Gasteiger partial charge in [0.1, 0.15) is 11.2 Å². The summed E-state index contributed by atoms with van der Waals surface area (Å²) >= 11 is 0. The Balaban J connectivity index is 1.09. The average molecular weight is 623 g/mol. The van der Waals surface area contributed by atoms with Gasteiger partial charge < -0.3 is 4.42 Å². The second-order valence-corrected chi connectivity index (χ2v) is 12.8. The molecule has 49 heavy (non-hydrogen) atoms. The van der Waals surface area contributed by atoms with E-state index in [2.05, 4.69) is 182 Å². The maximum atomic E-state index is 6.38. The molecule has 0 saturated carbocycles. The van der Waals surface area contributed by atoms with Gasteiger partial charge in [-0.15, -0.1) is 0 Å². The van der Waals surface area contributed by atoms with Crippen molar-refractivity contribution in [2.24, 2.45) is 0 Å². The molecular formula is C48H30O. The van der Waals surface area contributed by atoms with Crippen LogP contribution in [0.3, 0.4) is 0 Å². The summed E-state index contributed by atoms with van der Waals surface area (Å²) in [5.41, 5.74) is 11.7. The molecule has 0 aliphatic rings. The van der Waals surface area contributed by atoms with E-state index in [1.54, 1.807) is 0 Å². The SMILES string of the molecule is c1ccc(-c2ccc(-c3c4ccccc4c(-c4ccc(-c5ccc6oc7c8ccccc8ccc7c6c5)cc4)c4ccccc34)cc2)cc1. The van der Waals surface area contributed by atoms with Crippen molar-refractivity contribution in [3.05, 3.63) is 182 Å². The monoisotopic (exact) mass is 622 g/mol. The van der Waals surface area contributed by atoms with E-state index in [0.29, 0.717) is 0 Å². The van der Waals surface area contributed by atoms with E-state index in [4.69, 9.17) is 4.42 Å². The maximum absolute atomic E-state index is 6.38. The summed E-state index contributed by atoms with van der Waals surface area (Å²) in [6.45, 7) is 0. The third-order valence-electron chi connectivity index (χ3n) is 10.1. The van der Waals surface area contributed by atoms with Gasteiger partial charge in [-0.25, -0.2) is 0 Å². The van der Waals surface area contributed by atoms with Crippen molar-refractivity contribution in [2.45, 2.75) is 0 Å². The first-order chi connectivity index (χ1) is 24.3. The first-order valence-corrected chi connectivity index (χ1v) is 16.8. The summed E-state index contributed by atoms with van der Waals surface area (Å²) in [6, 6.07) is 65.8. The lowest BCUT2D eigenvalue weighted by molar-refractivity contribution is 0.672. The zero-order valence-corrected chi connectivity index (χ0v) is 26.7. The van der Waals surface area contributed by atoms with Crippen LogP contribution in [-0.4, -0.2) is 0 Å². The van der Waals surface area contributed by atoms with Gasteiger partial charge in [0.25, 0.3) is 0 Å². The zero-order valence-electron chi connectivity index (χ0n) is 26.7. The molecule has 0 aliphatic heterocycles. The summed E-state index contributed by atoms with van der Waals surface area (Å²) in [6.07, 6.45) is 0. The second-order valence-electron chi connectivity index (χ2n) is 12.8. The van der Waals surface area contributed by atoms with Gasteiger partial charge >= 0.3 is 0 Å². The van der Waals surface area contributed by atoms with Crippen LogP contribution in [0.5, 0.6) is 0 Å². The fourth-order valence-electron chi connectivity index (χ4n) is 7.72. The number of benzene rings is 9. The molecule has 0 aliphatic carbocycles.